The van der Waals surface area contributed by atoms with E-state index in [1.807, 2.05) is 0 Å². The van der Waals surface area contributed by atoms with E-state index in [1.165, 1.54) is 0 Å². The Kier molecular flexibility index (Phi) is 5.42. The molecule has 5 heterocycles. The van der Waals surface area contributed by atoms with Gasteiger partial charge in [-0.2, -0.15) is 0 Å². The van der Waals surface area contributed by atoms with E-state index in [9.17, 15) is 0 Å². The van der Waals surface area contributed by atoms with E-state index in [0.29, 0.717) is 0 Å². The Balaban J connectivity index is 1.65. The minimum atomic E-state index is 0.909. The average Bonchev–Trinajstić information content (AvgIpc) is 3.83. The monoisotopic (exact) mass is 526 g/mol. The normalized spacial score (nSPS) is 11.8. The first-order chi connectivity index (χ1) is 20.3. The van der Waals surface area contributed by atoms with Gasteiger partial charge >= 0.3 is 0 Å². The Bertz CT molecular complexity index is 2180. The largest absolute Gasteiger partial charge is 0.355 e. The van der Waals surface area contributed by atoms with Gasteiger partial charge in [-0.3, -0.25) is 0 Å². The van der Waals surface area contributed by atoms with Crippen molar-refractivity contribution in [2.45, 2.75) is 0 Å². The molecule has 8 rings (SSSR count). The fourth-order valence-corrected chi connectivity index (χ4v) is 5.87. The average molecular weight is 527 g/mol. The van der Waals surface area contributed by atoms with Gasteiger partial charge in [0.1, 0.15) is 0 Å². The van der Waals surface area contributed by atoms with E-state index in [0.717, 1.165) is 77.9 Å². The number of nitrogens with one attached hydrogen (secondary N) is 3. The molecule has 3 aromatic carbocycles. The molecule has 0 aliphatic carbocycles. The lowest BCUT2D eigenvalue weighted by molar-refractivity contribution is 1.32. The van der Waals surface area contributed by atoms with Crippen LogP contribution in [0.15, 0.2) is 127 Å². The third-order valence-electron chi connectivity index (χ3n) is 7.68. The predicted molar refractivity (Wildman–Crippen MR) is 171 cm³/mol. The molecule has 0 amide bonds. The van der Waals surface area contributed by atoms with Crippen LogP contribution in [0.4, 0.5) is 0 Å². The standard InChI is InChI=1S/C37H26N4/c1-4-10-24(11-5-1)33-31-20-18-29(39-31)22-27-16-17-28(38-27)23-30-19-21-32(40-30)36-34(25-12-6-2-7-13-25)35(37(33)41-36)26-14-8-3-9-15-26/h1-23,38-39,41H. The SMILES string of the molecule is C1=Cc2nc1cc1ccc(cc3ccc([nH]3)c(-c3ccccc3)c3[nH]c2c(-c2ccccc2)c3-c2ccccc2)[nH]1. The molecule has 4 heteroatoms. The first-order valence-corrected chi connectivity index (χ1v) is 13.8. The summed E-state index contributed by atoms with van der Waals surface area (Å²) < 4.78 is 0. The lowest BCUT2D eigenvalue weighted by Crippen LogP contribution is -1.85. The number of aromatic nitrogens is 4. The fraction of sp³-hybridized carbons (Fsp3) is 0. The molecule has 0 saturated carbocycles. The molecule has 8 bridgehead atoms. The highest BCUT2D eigenvalue weighted by Crippen LogP contribution is 2.44. The van der Waals surface area contributed by atoms with Gasteiger partial charge in [0.25, 0.3) is 0 Å². The second kappa shape index (κ2) is 9.54. The molecule has 1 aliphatic heterocycles. The van der Waals surface area contributed by atoms with Crippen LogP contribution < -0.4 is 0 Å². The van der Waals surface area contributed by atoms with Crippen LogP contribution >= 0.6 is 0 Å². The van der Waals surface area contributed by atoms with Gasteiger partial charge in [-0.1, -0.05) is 91.0 Å². The van der Waals surface area contributed by atoms with Gasteiger partial charge < -0.3 is 15.0 Å². The summed E-state index contributed by atoms with van der Waals surface area (Å²) in [5.74, 6) is 0. The van der Waals surface area contributed by atoms with Crippen molar-refractivity contribution in [1.82, 2.24) is 19.9 Å². The molecular formula is C37H26N4. The van der Waals surface area contributed by atoms with Crippen molar-refractivity contribution in [3.05, 3.63) is 139 Å². The van der Waals surface area contributed by atoms with E-state index in [1.54, 1.807) is 0 Å². The van der Waals surface area contributed by atoms with E-state index >= 15 is 0 Å². The Hall–Kier alpha value is -5.61. The van der Waals surface area contributed by atoms with Crippen LogP contribution in [0.5, 0.6) is 0 Å². The predicted octanol–water partition coefficient (Wildman–Crippen LogP) is 9.70. The van der Waals surface area contributed by atoms with E-state index in [4.69, 9.17) is 4.98 Å². The second-order valence-corrected chi connectivity index (χ2v) is 10.3. The third kappa shape index (κ3) is 4.14. The van der Waals surface area contributed by atoms with Crippen LogP contribution in [0.3, 0.4) is 0 Å². The van der Waals surface area contributed by atoms with Gasteiger partial charge in [0, 0.05) is 38.8 Å². The van der Waals surface area contributed by atoms with Crippen LogP contribution in [0, 0.1) is 0 Å². The van der Waals surface area contributed by atoms with Gasteiger partial charge in [-0.25, -0.2) is 4.98 Å². The smallest absolute Gasteiger partial charge is 0.0879 e. The number of rotatable bonds is 3. The number of nitrogens with zero attached hydrogens (tertiary/aromatic N) is 1. The van der Waals surface area contributed by atoms with Gasteiger partial charge in [-0.15, -0.1) is 0 Å². The molecule has 41 heavy (non-hydrogen) atoms. The Morgan fingerprint density at radius 2 is 0.951 bits per heavy atom. The number of aromatic amines is 3. The van der Waals surface area contributed by atoms with Crippen molar-refractivity contribution in [2.24, 2.45) is 0 Å². The van der Waals surface area contributed by atoms with Gasteiger partial charge in [0.2, 0.25) is 0 Å². The number of hydrogen-bond acceptors (Lipinski definition) is 1. The summed E-state index contributed by atoms with van der Waals surface area (Å²) in [4.78, 5) is 16.2. The molecule has 0 spiro atoms. The molecule has 4 nitrogen and oxygen atoms in total. The summed E-state index contributed by atoms with van der Waals surface area (Å²) >= 11 is 0. The Morgan fingerprint density at radius 1 is 0.415 bits per heavy atom. The maximum Gasteiger partial charge on any atom is 0.0879 e. The molecule has 0 radical (unpaired) electrons. The first-order valence-electron chi connectivity index (χ1n) is 13.8. The molecule has 3 N–H and O–H groups in total. The van der Waals surface area contributed by atoms with Crippen LogP contribution in [0.25, 0.3) is 78.6 Å². The van der Waals surface area contributed by atoms with Crippen LogP contribution in [0.1, 0.15) is 11.4 Å². The minimum Gasteiger partial charge on any atom is -0.355 e. The summed E-state index contributed by atoms with van der Waals surface area (Å²) in [5, 5.41) is 0. The van der Waals surface area contributed by atoms with Gasteiger partial charge in [0.05, 0.1) is 22.4 Å². The topological polar surface area (TPSA) is 60.3 Å². The summed E-state index contributed by atoms with van der Waals surface area (Å²) in [6.07, 6.45) is 4.19. The van der Waals surface area contributed by atoms with Crippen molar-refractivity contribution in [3.8, 4) is 33.4 Å². The first kappa shape index (κ1) is 23.3. The van der Waals surface area contributed by atoms with Crippen LogP contribution in [0.2, 0.25) is 0 Å². The maximum absolute atomic E-state index is 5.10. The fourth-order valence-electron chi connectivity index (χ4n) is 5.87. The number of benzene rings is 3. The highest BCUT2D eigenvalue weighted by atomic mass is 14.8. The molecule has 0 fully saturated rings. The van der Waals surface area contributed by atoms with E-state index in [2.05, 4.69) is 154 Å². The molecule has 4 aromatic heterocycles. The summed E-state index contributed by atoms with van der Waals surface area (Å²) in [6, 6.07) is 44.6. The number of hydrogen-bond donors (Lipinski definition) is 3. The molecule has 7 aromatic rings. The molecule has 194 valence electrons. The van der Waals surface area contributed by atoms with Gasteiger partial charge in [0.15, 0.2) is 0 Å². The second-order valence-electron chi connectivity index (χ2n) is 10.3. The Morgan fingerprint density at radius 3 is 1.61 bits per heavy atom. The summed E-state index contributed by atoms with van der Waals surface area (Å²) in [6.45, 7) is 0. The van der Waals surface area contributed by atoms with Crippen molar-refractivity contribution in [2.75, 3.05) is 0 Å². The minimum absolute atomic E-state index is 0.909. The lowest BCUT2D eigenvalue weighted by Gasteiger charge is -2.09. The highest BCUT2D eigenvalue weighted by molar-refractivity contribution is 6.11. The molecule has 0 unspecified atom stereocenters. The summed E-state index contributed by atoms with van der Waals surface area (Å²) in [5.41, 5.74) is 14.8. The number of H-pyrrole nitrogens is 3. The quantitative estimate of drug-likeness (QED) is 0.211. The summed E-state index contributed by atoms with van der Waals surface area (Å²) in [7, 11) is 0. The Labute approximate surface area is 237 Å². The third-order valence-corrected chi connectivity index (χ3v) is 7.68. The zero-order valence-corrected chi connectivity index (χ0v) is 22.2. The maximum atomic E-state index is 5.10. The van der Waals surface area contributed by atoms with Crippen LogP contribution in [-0.2, 0) is 0 Å². The number of fused-ring (bicyclic) bond motifs is 9. The lowest BCUT2D eigenvalue weighted by atomic mass is 9.93. The van der Waals surface area contributed by atoms with Crippen molar-refractivity contribution in [3.63, 3.8) is 0 Å². The molecule has 0 saturated heterocycles. The zero-order valence-electron chi connectivity index (χ0n) is 22.2. The van der Waals surface area contributed by atoms with E-state index in [-0.39, 0.29) is 0 Å². The van der Waals surface area contributed by atoms with Crippen LogP contribution in [-0.4, -0.2) is 19.9 Å². The van der Waals surface area contributed by atoms with Gasteiger partial charge in [-0.05, 0) is 65.2 Å². The molecule has 1 aliphatic rings. The zero-order chi connectivity index (χ0) is 27.2. The highest BCUT2D eigenvalue weighted by Gasteiger charge is 2.21. The van der Waals surface area contributed by atoms with Crippen molar-refractivity contribution < 1.29 is 0 Å². The van der Waals surface area contributed by atoms with E-state index < -0.39 is 0 Å². The molecule has 0 atom stereocenters. The van der Waals surface area contributed by atoms with Crippen molar-refractivity contribution >= 4 is 45.3 Å². The van der Waals surface area contributed by atoms with Crippen molar-refractivity contribution in [1.29, 1.82) is 0 Å². The molecular weight excluding hydrogens is 500 g/mol.